The first-order valence-electron chi connectivity index (χ1n) is 7.72. The van der Waals surface area contributed by atoms with Crippen LogP contribution in [0.4, 0.5) is 10.5 Å². The molecule has 24 heavy (non-hydrogen) atoms. The number of benzene rings is 2. The van der Waals surface area contributed by atoms with E-state index < -0.39 is 0 Å². The molecule has 0 spiro atoms. The second-order valence-electron chi connectivity index (χ2n) is 5.79. The van der Waals surface area contributed by atoms with E-state index in [2.05, 4.69) is 21.2 Å². The summed E-state index contributed by atoms with van der Waals surface area (Å²) in [7, 11) is 1.74. The molecule has 1 aliphatic heterocycles. The lowest BCUT2D eigenvalue weighted by molar-refractivity contribution is 0.0738. The number of hydrogen-bond acceptors (Lipinski definition) is 3. The summed E-state index contributed by atoms with van der Waals surface area (Å²) < 4.78 is 6.63. The van der Waals surface area contributed by atoms with Gasteiger partial charge in [-0.05, 0) is 30.3 Å². The third-order valence-corrected chi connectivity index (χ3v) is 4.68. The number of carbonyl (C=O) groups excluding carboxylic acids is 1. The average molecular weight is 391 g/mol. The molecule has 2 aromatic carbocycles. The van der Waals surface area contributed by atoms with Crippen molar-refractivity contribution in [2.24, 2.45) is 5.92 Å². The summed E-state index contributed by atoms with van der Waals surface area (Å²) in [5.41, 5.74) is 1.62. The van der Waals surface area contributed by atoms with Crippen LogP contribution >= 0.6 is 15.9 Å². The van der Waals surface area contributed by atoms with Gasteiger partial charge in [0.05, 0.1) is 19.3 Å². The molecule has 0 saturated carbocycles. The van der Waals surface area contributed by atoms with E-state index in [1.54, 1.807) is 11.9 Å². The zero-order valence-corrected chi connectivity index (χ0v) is 14.9. The lowest BCUT2D eigenvalue weighted by Crippen LogP contribution is -2.43. The SMILES string of the molecule is CN(C(=O)Nc1ccccc1)C1c2cc(Br)ccc2OCC1CO. The molecule has 2 amide bonds. The first kappa shape index (κ1) is 16.8. The predicted octanol–water partition coefficient (Wildman–Crippen LogP) is 3.66. The van der Waals surface area contributed by atoms with E-state index in [1.165, 1.54) is 0 Å². The molecule has 0 saturated heterocycles. The fraction of sp³-hybridized carbons (Fsp3) is 0.278. The first-order chi connectivity index (χ1) is 11.6. The van der Waals surface area contributed by atoms with Crippen LogP contribution in [-0.4, -0.2) is 36.3 Å². The number of rotatable bonds is 3. The highest BCUT2D eigenvalue weighted by atomic mass is 79.9. The minimum Gasteiger partial charge on any atom is -0.493 e. The minimum atomic E-state index is -0.264. The quantitative estimate of drug-likeness (QED) is 0.840. The normalized spacial score (nSPS) is 19.1. The van der Waals surface area contributed by atoms with E-state index >= 15 is 0 Å². The largest absolute Gasteiger partial charge is 0.493 e. The van der Waals surface area contributed by atoms with E-state index in [-0.39, 0.29) is 24.6 Å². The number of anilines is 1. The van der Waals surface area contributed by atoms with Gasteiger partial charge in [0.2, 0.25) is 0 Å². The molecule has 3 rings (SSSR count). The van der Waals surface area contributed by atoms with Crippen LogP contribution in [0.25, 0.3) is 0 Å². The van der Waals surface area contributed by atoms with E-state index in [0.717, 1.165) is 21.5 Å². The summed E-state index contributed by atoms with van der Waals surface area (Å²) >= 11 is 3.46. The highest BCUT2D eigenvalue weighted by Gasteiger charge is 2.35. The van der Waals surface area contributed by atoms with Crippen LogP contribution in [0.3, 0.4) is 0 Å². The molecule has 0 aliphatic carbocycles. The van der Waals surface area contributed by atoms with Gasteiger partial charge in [-0.25, -0.2) is 4.79 Å². The van der Waals surface area contributed by atoms with Crippen molar-refractivity contribution in [2.45, 2.75) is 6.04 Å². The number of ether oxygens (including phenoxy) is 1. The van der Waals surface area contributed by atoms with Gasteiger partial charge >= 0.3 is 6.03 Å². The molecular weight excluding hydrogens is 372 g/mol. The highest BCUT2D eigenvalue weighted by molar-refractivity contribution is 9.10. The second kappa shape index (κ2) is 7.23. The number of aliphatic hydroxyl groups is 1. The second-order valence-corrected chi connectivity index (χ2v) is 6.70. The molecular formula is C18H19BrN2O3. The van der Waals surface area contributed by atoms with E-state index in [4.69, 9.17) is 4.74 Å². The molecule has 2 unspecified atom stereocenters. The number of hydrogen-bond donors (Lipinski definition) is 2. The van der Waals surface area contributed by atoms with Crippen molar-refractivity contribution in [3.63, 3.8) is 0 Å². The van der Waals surface area contributed by atoms with E-state index in [9.17, 15) is 9.90 Å². The molecule has 2 aromatic rings. The van der Waals surface area contributed by atoms with Crippen LogP contribution in [0.1, 0.15) is 11.6 Å². The Bertz CT molecular complexity index is 723. The van der Waals surface area contributed by atoms with Crippen molar-refractivity contribution in [1.82, 2.24) is 4.90 Å². The lowest BCUT2D eigenvalue weighted by Gasteiger charge is -2.38. The molecule has 126 valence electrons. The number of urea groups is 1. The van der Waals surface area contributed by atoms with Crippen molar-refractivity contribution in [3.8, 4) is 5.75 Å². The molecule has 6 heteroatoms. The monoisotopic (exact) mass is 390 g/mol. The van der Waals surface area contributed by atoms with Gasteiger partial charge in [-0.1, -0.05) is 34.1 Å². The van der Waals surface area contributed by atoms with Crippen molar-refractivity contribution in [2.75, 3.05) is 25.6 Å². The molecule has 1 aliphatic rings. The summed E-state index contributed by atoms with van der Waals surface area (Å²) in [6.45, 7) is 0.318. The van der Waals surface area contributed by atoms with Crippen LogP contribution in [0.5, 0.6) is 5.75 Å². The Morgan fingerprint density at radius 2 is 2.08 bits per heavy atom. The third kappa shape index (κ3) is 3.39. The number of nitrogens with zero attached hydrogens (tertiary/aromatic N) is 1. The highest BCUT2D eigenvalue weighted by Crippen LogP contribution is 2.40. The van der Waals surface area contributed by atoms with Gasteiger partial charge in [0, 0.05) is 28.7 Å². The van der Waals surface area contributed by atoms with Gasteiger partial charge in [-0.15, -0.1) is 0 Å². The number of nitrogens with one attached hydrogen (secondary N) is 1. The standard InChI is InChI=1S/C18H19BrN2O3/c1-21(18(23)20-14-5-3-2-4-6-14)17-12(10-22)11-24-16-8-7-13(19)9-15(16)17/h2-9,12,17,22H,10-11H2,1H3,(H,20,23). The summed E-state index contributed by atoms with van der Waals surface area (Å²) in [5.74, 6) is 0.561. The van der Waals surface area contributed by atoms with Crippen molar-refractivity contribution in [3.05, 3.63) is 58.6 Å². The number of para-hydroxylation sites is 1. The van der Waals surface area contributed by atoms with E-state index in [1.807, 2.05) is 48.5 Å². The van der Waals surface area contributed by atoms with Crippen LogP contribution in [-0.2, 0) is 0 Å². The Balaban J connectivity index is 1.88. The Kier molecular flexibility index (Phi) is 5.06. The van der Waals surface area contributed by atoms with Crippen molar-refractivity contribution < 1.29 is 14.6 Å². The van der Waals surface area contributed by atoms with Crippen LogP contribution < -0.4 is 10.1 Å². The smallest absolute Gasteiger partial charge is 0.322 e. The fourth-order valence-electron chi connectivity index (χ4n) is 2.96. The number of fused-ring (bicyclic) bond motifs is 1. The molecule has 2 N–H and O–H groups in total. The molecule has 0 bridgehead atoms. The topological polar surface area (TPSA) is 61.8 Å². The Hall–Kier alpha value is -2.05. The van der Waals surface area contributed by atoms with Gasteiger partial charge in [0.25, 0.3) is 0 Å². The maximum absolute atomic E-state index is 12.6. The van der Waals surface area contributed by atoms with Gasteiger partial charge in [-0.3, -0.25) is 0 Å². The maximum atomic E-state index is 12.6. The molecule has 0 fully saturated rings. The number of carbonyl (C=O) groups is 1. The van der Waals surface area contributed by atoms with Crippen molar-refractivity contribution in [1.29, 1.82) is 0 Å². The predicted molar refractivity (Wildman–Crippen MR) is 96.2 cm³/mol. The number of halogens is 1. The average Bonchev–Trinajstić information content (AvgIpc) is 2.60. The minimum absolute atomic E-state index is 0.0560. The molecule has 2 atom stereocenters. The molecule has 0 radical (unpaired) electrons. The summed E-state index contributed by atoms with van der Waals surface area (Å²) in [6, 6.07) is 14.5. The zero-order chi connectivity index (χ0) is 17.1. The van der Waals surface area contributed by atoms with Crippen molar-refractivity contribution >= 4 is 27.6 Å². The first-order valence-corrected chi connectivity index (χ1v) is 8.51. The number of aliphatic hydroxyl groups excluding tert-OH is 1. The Morgan fingerprint density at radius 3 is 2.79 bits per heavy atom. The van der Waals surface area contributed by atoms with Crippen LogP contribution in [0.2, 0.25) is 0 Å². The van der Waals surface area contributed by atoms with Gasteiger partial charge in [-0.2, -0.15) is 0 Å². The molecule has 1 heterocycles. The van der Waals surface area contributed by atoms with Crippen LogP contribution in [0.15, 0.2) is 53.0 Å². The Morgan fingerprint density at radius 1 is 1.33 bits per heavy atom. The van der Waals surface area contributed by atoms with Gasteiger partial charge < -0.3 is 20.1 Å². The Labute approximate surface area is 149 Å². The molecule has 0 aromatic heterocycles. The molecule has 5 nitrogen and oxygen atoms in total. The maximum Gasteiger partial charge on any atom is 0.322 e. The number of amides is 2. The van der Waals surface area contributed by atoms with E-state index in [0.29, 0.717) is 6.61 Å². The summed E-state index contributed by atoms with van der Waals surface area (Å²) in [6.07, 6.45) is 0. The van der Waals surface area contributed by atoms with Crippen LogP contribution in [0, 0.1) is 5.92 Å². The summed E-state index contributed by atoms with van der Waals surface area (Å²) in [5, 5.41) is 12.6. The van der Waals surface area contributed by atoms with Gasteiger partial charge in [0.15, 0.2) is 0 Å². The lowest BCUT2D eigenvalue weighted by atomic mass is 9.90. The zero-order valence-electron chi connectivity index (χ0n) is 13.3. The summed E-state index contributed by atoms with van der Waals surface area (Å²) in [4.78, 5) is 14.3. The van der Waals surface area contributed by atoms with Gasteiger partial charge in [0.1, 0.15) is 5.75 Å². The fourth-order valence-corrected chi connectivity index (χ4v) is 3.34. The third-order valence-electron chi connectivity index (χ3n) is 4.19.